The molecule has 2 aromatic rings. The van der Waals surface area contributed by atoms with Gasteiger partial charge in [-0.1, -0.05) is 0 Å². The molecule has 6 nitrogen and oxygen atoms in total. The molecule has 0 atom stereocenters. The number of nitrogens with zero attached hydrogens (tertiary/aromatic N) is 1. The lowest BCUT2D eigenvalue weighted by molar-refractivity contribution is -0.116. The molecule has 0 saturated heterocycles. The van der Waals surface area contributed by atoms with Gasteiger partial charge in [0.2, 0.25) is 5.91 Å². The van der Waals surface area contributed by atoms with Gasteiger partial charge < -0.3 is 14.4 Å². The maximum atomic E-state index is 11.4. The van der Waals surface area contributed by atoms with Crippen LogP contribution in [0, 0.1) is 0 Å². The summed E-state index contributed by atoms with van der Waals surface area (Å²) in [6.45, 7) is 1.41. The molecule has 1 N–H and O–H groups in total. The molecule has 94 valence electrons. The van der Waals surface area contributed by atoms with Gasteiger partial charge >= 0.3 is 11.6 Å². The number of fused-ring (bicyclic) bond motifs is 1. The zero-order valence-corrected chi connectivity index (χ0v) is 10.4. The van der Waals surface area contributed by atoms with Crippen LogP contribution in [0.5, 0.6) is 0 Å². The van der Waals surface area contributed by atoms with E-state index in [2.05, 4.69) is 0 Å². The largest absolute Gasteiger partial charge is 0.477 e. The zero-order valence-electron chi connectivity index (χ0n) is 9.59. The van der Waals surface area contributed by atoms with E-state index in [9.17, 15) is 14.4 Å². The molecule has 0 aromatic carbocycles. The second-order valence-electron chi connectivity index (χ2n) is 3.64. The van der Waals surface area contributed by atoms with Crippen molar-refractivity contribution < 1.29 is 19.1 Å². The molecular weight excluding hydrogens is 258 g/mol. The van der Waals surface area contributed by atoms with Gasteiger partial charge in [-0.2, -0.15) is 0 Å². The van der Waals surface area contributed by atoms with E-state index in [0.29, 0.717) is 9.70 Å². The summed E-state index contributed by atoms with van der Waals surface area (Å²) in [6.07, 6.45) is 0. The molecule has 0 fully saturated rings. The molecule has 18 heavy (non-hydrogen) atoms. The predicted molar refractivity (Wildman–Crippen MR) is 66.4 cm³/mol. The first kappa shape index (κ1) is 12.3. The van der Waals surface area contributed by atoms with E-state index in [1.807, 2.05) is 0 Å². The van der Waals surface area contributed by atoms with Crippen LogP contribution in [0.1, 0.15) is 17.3 Å². The summed E-state index contributed by atoms with van der Waals surface area (Å²) < 4.78 is 5.41. The second kappa shape index (κ2) is 4.26. The number of carbonyl (C=O) groups excluding carboxylic acids is 1. The first-order valence-electron chi connectivity index (χ1n) is 4.95. The molecular formula is C11H9NO5S. The minimum Gasteiger partial charge on any atom is -0.477 e. The normalized spacial score (nSPS) is 10.6. The van der Waals surface area contributed by atoms with Gasteiger partial charge in [0.15, 0.2) is 5.58 Å². The summed E-state index contributed by atoms with van der Waals surface area (Å²) in [5.74, 6) is -1.50. The Hall–Kier alpha value is -2.15. The molecule has 2 aromatic heterocycles. The van der Waals surface area contributed by atoms with Crippen molar-refractivity contribution in [1.29, 1.82) is 0 Å². The van der Waals surface area contributed by atoms with Crippen molar-refractivity contribution >= 4 is 38.5 Å². The van der Waals surface area contributed by atoms with E-state index >= 15 is 0 Å². The minimum absolute atomic E-state index is 0.164. The average Bonchev–Trinajstić information content (AvgIpc) is 2.68. The van der Waals surface area contributed by atoms with Crippen LogP contribution in [0.3, 0.4) is 0 Å². The topological polar surface area (TPSA) is 87.8 Å². The fourth-order valence-electron chi connectivity index (χ4n) is 1.37. The number of carbonyl (C=O) groups is 2. The molecule has 0 aliphatic carbocycles. The lowest BCUT2D eigenvalue weighted by Crippen LogP contribution is -2.21. The van der Waals surface area contributed by atoms with E-state index < -0.39 is 17.2 Å². The van der Waals surface area contributed by atoms with Gasteiger partial charge in [-0.3, -0.25) is 4.79 Å². The van der Waals surface area contributed by atoms with Gasteiger partial charge in [-0.05, 0) is 6.07 Å². The average molecular weight is 267 g/mol. The SMILES string of the molecule is CC(=O)N(C)c1cc2oc(=O)c(C(=O)O)cc2s1. The van der Waals surface area contributed by atoms with Crippen molar-refractivity contribution in [1.82, 2.24) is 0 Å². The number of hydrogen-bond acceptors (Lipinski definition) is 5. The number of amides is 1. The van der Waals surface area contributed by atoms with Crippen LogP contribution in [0.15, 0.2) is 21.3 Å². The van der Waals surface area contributed by atoms with Crippen LogP contribution in [0.4, 0.5) is 5.00 Å². The number of aromatic carboxylic acids is 1. The van der Waals surface area contributed by atoms with E-state index in [1.54, 1.807) is 7.05 Å². The monoisotopic (exact) mass is 267 g/mol. The molecule has 2 heterocycles. The first-order valence-corrected chi connectivity index (χ1v) is 5.77. The standard InChI is InChI=1S/C11H9NO5S/c1-5(13)12(2)9-4-7-8(18-9)3-6(10(14)15)11(16)17-7/h3-4H,1-2H3,(H,14,15). The number of anilines is 1. The number of carboxylic acids is 1. The van der Waals surface area contributed by atoms with Crippen LogP contribution in [-0.2, 0) is 4.79 Å². The zero-order chi connectivity index (χ0) is 13.4. The fraction of sp³-hybridized carbons (Fsp3) is 0.182. The van der Waals surface area contributed by atoms with Crippen molar-refractivity contribution in [2.24, 2.45) is 0 Å². The molecule has 0 radical (unpaired) electrons. The minimum atomic E-state index is -1.33. The molecule has 2 rings (SSSR count). The summed E-state index contributed by atoms with van der Waals surface area (Å²) >= 11 is 1.18. The van der Waals surface area contributed by atoms with Gasteiger partial charge in [-0.15, -0.1) is 11.3 Å². The Morgan fingerprint density at radius 1 is 1.39 bits per heavy atom. The molecule has 0 aliphatic rings. The smallest absolute Gasteiger partial charge is 0.351 e. The van der Waals surface area contributed by atoms with Gasteiger partial charge in [0.1, 0.15) is 10.6 Å². The van der Waals surface area contributed by atoms with Gasteiger partial charge in [-0.25, -0.2) is 9.59 Å². The molecule has 0 bridgehead atoms. The first-order chi connectivity index (χ1) is 8.40. The predicted octanol–water partition coefficient (Wildman–Crippen LogP) is 1.54. The van der Waals surface area contributed by atoms with Crippen molar-refractivity contribution in [2.45, 2.75) is 6.92 Å². The van der Waals surface area contributed by atoms with Crippen LogP contribution in [-0.4, -0.2) is 24.0 Å². The Kier molecular flexibility index (Phi) is 2.92. The lowest BCUT2D eigenvalue weighted by Gasteiger charge is -2.10. The van der Waals surface area contributed by atoms with E-state index in [4.69, 9.17) is 9.52 Å². The molecule has 0 spiro atoms. The maximum Gasteiger partial charge on any atom is 0.351 e. The van der Waals surface area contributed by atoms with Crippen LogP contribution < -0.4 is 10.5 Å². The number of carboxylic acid groups (broad SMARTS) is 1. The lowest BCUT2D eigenvalue weighted by atomic mass is 10.3. The quantitative estimate of drug-likeness (QED) is 0.891. The summed E-state index contributed by atoms with van der Waals surface area (Å²) in [4.78, 5) is 34.8. The second-order valence-corrected chi connectivity index (χ2v) is 4.71. The molecule has 1 amide bonds. The highest BCUT2D eigenvalue weighted by atomic mass is 32.1. The highest BCUT2D eigenvalue weighted by Gasteiger charge is 2.16. The Bertz CT molecular complexity index is 699. The van der Waals surface area contributed by atoms with E-state index in [0.717, 1.165) is 0 Å². The summed E-state index contributed by atoms with van der Waals surface area (Å²) in [6, 6.07) is 2.79. The van der Waals surface area contributed by atoms with Crippen molar-refractivity contribution in [3.8, 4) is 0 Å². The molecule has 0 saturated carbocycles. The Morgan fingerprint density at radius 3 is 2.61 bits per heavy atom. The van der Waals surface area contributed by atoms with Gasteiger partial charge in [0.05, 0.1) is 4.70 Å². The molecule has 0 unspecified atom stereocenters. The van der Waals surface area contributed by atoms with Crippen molar-refractivity contribution in [3.63, 3.8) is 0 Å². The van der Waals surface area contributed by atoms with E-state index in [1.165, 1.54) is 35.3 Å². The maximum absolute atomic E-state index is 11.4. The van der Waals surface area contributed by atoms with Crippen LogP contribution in [0.25, 0.3) is 10.3 Å². The Balaban J connectivity index is 2.62. The summed E-state index contributed by atoms with van der Waals surface area (Å²) in [5, 5.41) is 9.40. The van der Waals surface area contributed by atoms with Crippen LogP contribution >= 0.6 is 11.3 Å². The molecule has 7 heteroatoms. The Labute approximate surface area is 105 Å². The fourth-order valence-corrected chi connectivity index (χ4v) is 2.41. The van der Waals surface area contributed by atoms with Gasteiger partial charge in [0.25, 0.3) is 0 Å². The molecule has 0 aliphatic heterocycles. The highest BCUT2D eigenvalue weighted by molar-refractivity contribution is 7.22. The van der Waals surface area contributed by atoms with Crippen molar-refractivity contribution in [2.75, 3.05) is 11.9 Å². The summed E-state index contributed by atoms with van der Waals surface area (Å²) in [5.41, 5.74) is -1.04. The summed E-state index contributed by atoms with van der Waals surface area (Å²) in [7, 11) is 1.59. The number of hydrogen-bond donors (Lipinski definition) is 1. The van der Waals surface area contributed by atoms with Crippen molar-refractivity contribution in [3.05, 3.63) is 28.1 Å². The van der Waals surface area contributed by atoms with Gasteiger partial charge in [0, 0.05) is 20.0 Å². The Morgan fingerprint density at radius 2 is 2.06 bits per heavy atom. The van der Waals surface area contributed by atoms with Crippen LogP contribution in [0.2, 0.25) is 0 Å². The van der Waals surface area contributed by atoms with E-state index in [-0.39, 0.29) is 11.5 Å². The number of thiophene rings is 1. The third kappa shape index (κ3) is 2.00. The highest BCUT2D eigenvalue weighted by Crippen LogP contribution is 2.31. The number of rotatable bonds is 2. The third-order valence-corrected chi connectivity index (χ3v) is 3.58. The third-order valence-electron chi connectivity index (χ3n) is 2.44.